The van der Waals surface area contributed by atoms with Gasteiger partial charge in [-0.15, -0.1) is 0 Å². The highest BCUT2D eigenvalue weighted by atomic mass is 79.9. The van der Waals surface area contributed by atoms with E-state index in [9.17, 15) is 0 Å². The second kappa shape index (κ2) is 5.25. The van der Waals surface area contributed by atoms with Crippen molar-refractivity contribution in [1.82, 2.24) is 5.32 Å². The summed E-state index contributed by atoms with van der Waals surface area (Å²) in [6, 6.07) is 20.0. The molecular weight excluding hydrogens is 286 g/mol. The molecule has 1 aliphatic rings. The average molecular weight is 302 g/mol. The molecule has 0 bridgehead atoms. The fourth-order valence-corrected chi connectivity index (χ4v) is 2.60. The first-order chi connectivity index (χ1) is 8.83. The SMILES string of the molecule is Brc1ccc(CNC2CC2c2ccccc2)cc1. The smallest absolute Gasteiger partial charge is 0.0208 e. The molecule has 0 aliphatic heterocycles. The second-order valence-electron chi connectivity index (χ2n) is 4.87. The highest BCUT2D eigenvalue weighted by molar-refractivity contribution is 9.10. The molecule has 0 aromatic heterocycles. The van der Waals surface area contributed by atoms with Crippen molar-refractivity contribution >= 4 is 15.9 Å². The molecule has 0 amide bonds. The Kier molecular flexibility index (Phi) is 3.48. The molecule has 18 heavy (non-hydrogen) atoms. The van der Waals surface area contributed by atoms with Crippen LogP contribution in [-0.2, 0) is 6.54 Å². The lowest BCUT2D eigenvalue weighted by Crippen LogP contribution is -2.17. The molecule has 2 heteroatoms. The summed E-state index contributed by atoms with van der Waals surface area (Å²) in [5, 5.41) is 3.63. The number of hydrogen-bond acceptors (Lipinski definition) is 1. The van der Waals surface area contributed by atoms with Gasteiger partial charge in [0.1, 0.15) is 0 Å². The zero-order chi connectivity index (χ0) is 12.4. The Balaban J connectivity index is 1.53. The molecule has 1 nitrogen and oxygen atoms in total. The summed E-state index contributed by atoms with van der Waals surface area (Å²) in [6.07, 6.45) is 1.26. The van der Waals surface area contributed by atoms with Crippen LogP contribution in [-0.4, -0.2) is 6.04 Å². The molecule has 2 unspecified atom stereocenters. The molecule has 1 fully saturated rings. The Morgan fingerprint density at radius 3 is 2.44 bits per heavy atom. The van der Waals surface area contributed by atoms with Crippen LogP contribution in [0.15, 0.2) is 59.1 Å². The molecule has 2 atom stereocenters. The third-order valence-corrected chi connectivity index (χ3v) is 4.03. The third kappa shape index (κ3) is 2.82. The van der Waals surface area contributed by atoms with Gasteiger partial charge < -0.3 is 5.32 Å². The van der Waals surface area contributed by atoms with E-state index in [1.165, 1.54) is 17.5 Å². The molecule has 0 saturated heterocycles. The van der Waals surface area contributed by atoms with Crippen molar-refractivity contribution in [1.29, 1.82) is 0 Å². The van der Waals surface area contributed by atoms with E-state index >= 15 is 0 Å². The summed E-state index contributed by atoms with van der Waals surface area (Å²) < 4.78 is 1.14. The number of hydrogen-bond donors (Lipinski definition) is 1. The average Bonchev–Trinajstić information content (AvgIpc) is 3.19. The van der Waals surface area contributed by atoms with Crippen LogP contribution in [0.1, 0.15) is 23.5 Å². The van der Waals surface area contributed by atoms with E-state index in [4.69, 9.17) is 0 Å². The summed E-state index contributed by atoms with van der Waals surface area (Å²) >= 11 is 3.46. The quantitative estimate of drug-likeness (QED) is 0.897. The van der Waals surface area contributed by atoms with Gasteiger partial charge in [-0.05, 0) is 29.7 Å². The van der Waals surface area contributed by atoms with Crippen LogP contribution in [0.5, 0.6) is 0 Å². The molecule has 1 N–H and O–H groups in total. The van der Waals surface area contributed by atoms with Gasteiger partial charge in [0, 0.05) is 23.0 Å². The van der Waals surface area contributed by atoms with Crippen LogP contribution in [0.3, 0.4) is 0 Å². The molecule has 2 aromatic rings. The number of benzene rings is 2. The van der Waals surface area contributed by atoms with Crippen molar-refractivity contribution in [3.05, 3.63) is 70.2 Å². The first kappa shape index (κ1) is 11.9. The molecule has 3 rings (SSSR count). The molecule has 2 aromatic carbocycles. The summed E-state index contributed by atoms with van der Waals surface area (Å²) in [4.78, 5) is 0. The first-order valence-electron chi connectivity index (χ1n) is 6.36. The maximum absolute atomic E-state index is 3.63. The fraction of sp³-hybridized carbons (Fsp3) is 0.250. The van der Waals surface area contributed by atoms with Crippen LogP contribution in [0.4, 0.5) is 0 Å². The normalized spacial score (nSPS) is 21.8. The standard InChI is InChI=1S/C16H16BrN/c17-14-8-6-12(7-9-14)11-18-16-10-15(16)13-4-2-1-3-5-13/h1-9,15-16,18H,10-11H2. The fourth-order valence-electron chi connectivity index (χ4n) is 2.34. The minimum atomic E-state index is 0.649. The minimum Gasteiger partial charge on any atom is -0.309 e. The second-order valence-corrected chi connectivity index (χ2v) is 5.78. The van der Waals surface area contributed by atoms with Crippen LogP contribution in [0.2, 0.25) is 0 Å². The summed E-state index contributed by atoms with van der Waals surface area (Å²) in [7, 11) is 0. The Labute approximate surface area is 116 Å². The molecular formula is C16H16BrN. The van der Waals surface area contributed by atoms with Crippen molar-refractivity contribution in [3.8, 4) is 0 Å². The van der Waals surface area contributed by atoms with Crippen LogP contribution in [0, 0.1) is 0 Å². The van der Waals surface area contributed by atoms with Crippen LogP contribution < -0.4 is 5.32 Å². The Hall–Kier alpha value is -1.12. The van der Waals surface area contributed by atoms with Crippen LogP contribution >= 0.6 is 15.9 Å². The Morgan fingerprint density at radius 2 is 1.72 bits per heavy atom. The van der Waals surface area contributed by atoms with Gasteiger partial charge in [-0.3, -0.25) is 0 Å². The minimum absolute atomic E-state index is 0.649. The van der Waals surface area contributed by atoms with Gasteiger partial charge in [0.2, 0.25) is 0 Å². The predicted octanol–water partition coefficient (Wildman–Crippen LogP) is 4.09. The summed E-state index contributed by atoms with van der Waals surface area (Å²) in [5.74, 6) is 0.710. The number of halogens is 1. The maximum atomic E-state index is 3.63. The zero-order valence-corrected chi connectivity index (χ0v) is 11.7. The van der Waals surface area contributed by atoms with Gasteiger partial charge in [0.05, 0.1) is 0 Å². The summed E-state index contributed by atoms with van der Waals surface area (Å²) in [6.45, 7) is 0.960. The van der Waals surface area contributed by atoms with Gasteiger partial charge in [-0.1, -0.05) is 58.4 Å². The molecule has 1 saturated carbocycles. The van der Waals surface area contributed by atoms with Gasteiger partial charge in [-0.2, -0.15) is 0 Å². The van der Waals surface area contributed by atoms with E-state index in [2.05, 4.69) is 75.8 Å². The van der Waals surface area contributed by atoms with Gasteiger partial charge >= 0.3 is 0 Å². The van der Waals surface area contributed by atoms with E-state index in [-0.39, 0.29) is 0 Å². The number of nitrogens with one attached hydrogen (secondary N) is 1. The largest absolute Gasteiger partial charge is 0.309 e. The highest BCUT2D eigenvalue weighted by Gasteiger charge is 2.37. The van der Waals surface area contributed by atoms with E-state index in [1.807, 2.05) is 0 Å². The van der Waals surface area contributed by atoms with E-state index in [0.717, 1.165) is 11.0 Å². The third-order valence-electron chi connectivity index (χ3n) is 3.50. The van der Waals surface area contributed by atoms with Crippen molar-refractivity contribution in [2.45, 2.75) is 24.9 Å². The maximum Gasteiger partial charge on any atom is 0.0208 e. The van der Waals surface area contributed by atoms with Crippen molar-refractivity contribution < 1.29 is 0 Å². The molecule has 0 radical (unpaired) electrons. The Bertz CT molecular complexity index is 506. The van der Waals surface area contributed by atoms with E-state index in [1.54, 1.807) is 0 Å². The van der Waals surface area contributed by atoms with Gasteiger partial charge in [-0.25, -0.2) is 0 Å². The topological polar surface area (TPSA) is 12.0 Å². The zero-order valence-electron chi connectivity index (χ0n) is 10.1. The molecule has 0 heterocycles. The lowest BCUT2D eigenvalue weighted by Gasteiger charge is -2.05. The monoisotopic (exact) mass is 301 g/mol. The van der Waals surface area contributed by atoms with E-state index < -0.39 is 0 Å². The molecule has 92 valence electrons. The van der Waals surface area contributed by atoms with Crippen molar-refractivity contribution in [3.63, 3.8) is 0 Å². The predicted molar refractivity (Wildman–Crippen MR) is 78.6 cm³/mol. The summed E-state index contributed by atoms with van der Waals surface area (Å²) in [5.41, 5.74) is 2.81. The van der Waals surface area contributed by atoms with Crippen molar-refractivity contribution in [2.75, 3.05) is 0 Å². The van der Waals surface area contributed by atoms with E-state index in [0.29, 0.717) is 12.0 Å². The lowest BCUT2D eigenvalue weighted by molar-refractivity contribution is 0.672. The molecule has 1 aliphatic carbocycles. The lowest BCUT2D eigenvalue weighted by atomic mass is 10.1. The number of rotatable bonds is 4. The van der Waals surface area contributed by atoms with Crippen LogP contribution in [0.25, 0.3) is 0 Å². The van der Waals surface area contributed by atoms with Gasteiger partial charge in [0.15, 0.2) is 0 Å². The first-order valence-corrected chi connectivity index (χ1v) is 7.15. The Morgan fingerprint density at radius 1 is 1.00 bits per heavy atom. The van der Waals surface area contributed by atoms with Gasteiger partial charge in [0.25, 0.3) is 0 Å². The van der Waals surface area contributed by atoms with Crippen molar-refractivity contribution in [2.24, 2.45) is 0 Å². The highest BCUT2D eigenvalue weighted by Crippen LogP contribution is 2.40. The molecule has 0 spiro atoms.